The molecule has 3 amide bonds. The van der Waals surface area contributed by atoms with E-state index < -0.39 is 18.0 Å². The first kappa shape index (κ1) is 11.9. The molecule has 0 radical (unpaired) electrons. The number of carbonyl (C=O) groups is 2. The minimum absolute atomic E-state index is 0.301. The summed E-state index contributed by atoms with van der Waals surface area (Å²) in [5.41, 5.74) is 4.74. The Balaban J connectivity index is 3.82. The van der Waals surface area contributed by atoms with Crippen LogP contribution < -0.4 is 16.4 Å². The summed E-state index contributed by atoms with van der Waals surface area (Å²) in [4.78, 5) is 21.3. The maximum Gasteiger partial charge on any atom is 0.318 e. The topological polar surface area (TPSA) is 84.2 Å². The molecule has 0 saturated heterocycles. The van der Waals surface area contributed by atoms with Crippen LogP contribution in [0.2, 0.25) is 0 Å². The molecule has 0 rings (SSSR count). The molecule has 0 bridgehead atoms. The van der Waals surface area contributed by atoms with Gasteiger partial charge in [0.2, 0.25) is 5.91 Å². The van der Waals surface area contributed by atoms with E-state index in [0.717, 1.165) is 0 Å². The van der Waals surface area contributed by atoms with Crippen LogP contribution >= 0.6 is 11.6 Å². The number of hydrogen-bond donors (Lipinski definition) is 3. The van der Waals surface area contributed by atoms with Crippen LogP contribution in [0.1, 0.15) is 6.92 Å². The van der Waals surface area contributed by atoms with E-state index >= 15 is 0 Å². The number of rotatable bonds is 4. The van der Waals surface area contributed by atoms with Crippen molar-refractivity contribution in [3.05, 3.63) is 11.6 Å². The van der Waals surface area contributed by atoms with Gasteiger partial charge >= 0.3 is 6.03 Å². The van der Waals surface area contributed by atoms with Crippen molar-refractivity contribution in [1.82, 2.24) is 10.6 Å². The molecule has 0 spiro atoms. The second kappa shape index (κ2) is 5.55. The Labute approximate surface area is 81.3 Å². The van der Waals surface area contributed by atoms with Gasteiger partial charge in [-0.05, 0) is 6.92 Å². The zero-order valence-electron chi connectivity index (χ0n) is 7.26. The highest BCUT2D eigenvalue weighted by molar-refractivity contribution is 6.29. The van der Waals surface area contributed by atoms with Crippen molar-refractivity contribution in [2.45, 2.75) is 13.0 Å². The number of imide groups is 1. The van der Waals surface area contributed by atoms with Gasteiger partial charge in [0.25, 0.3) is 0 Å². The van der Waals surface area contributed by atoms with Crippen LogP contribution in [-0.2, 0) is 4.79 Å². The van der Waals surface area contributed by atoms with Crippen LogP contribution in [-0.4, -0.2) is 24.5 Å². The summed E-state index contributed by atoms with van der Waals surface area (Å²) in [6.45, 7) is 5.31. The fraction of sp³-hybridized carbons (Fsp3) is 0.429. The van der Waals surface area contributed by atoms with E-state index in [1.807, 2.05) is 5.32 Å². The Bertz CT molecular complexity index is 230. The Morgan fingerprint density at radius 1 is 1.62 bits per heavy atom. The van der Waals surface area contributed by atoms with Gasteiger partial charge in [-0.2, -0.15) is 0 Å². The Morgan fingerprint density at radius 2 is 2.15 bits per heavy atom. The minimum atomic E-state index is -0.872. The molecule has 74 valence electrons. The van der Waals surface area contributed by atoms with E-state index in [0.29, 0.717) is 11.6 Å². The first-order chi connectivity index (χ1) is 5.93. The van der Waals surface area contributed by atoms with Crippen LogP contribution in [0.25, 0.3) is 0 Å². The van der Waals surface area contributed by atoms with Gasteiger partial charge in [0, 0.05) is 11.6 Å². The lowest BCUT2D eigenvalue weighted by atomic mass is 10.3. The van der Waals surface area contributed by atoms with Crippen molar-refractivity contribution in [3.63, 3.8) is 0 Å². The van der Waals surface area contributed by atoms with Gasteiger partial charge in [-0.25, -0.2) is 4.79 Å². The molecule has 4 N–H and O–H groups in total. The summed E-state index contributed by atoms with van der Waals surface area (Å²) in [5, 5.41) is 5.05. The second-order valence-corrected chi connectivity index (χ2v) is 3.01. The van der Waals surface area contributed by atoms with Gasteiger partial charge < -0.3 is 11.1 Å². The lowest BCUT2D eigenvalue weighted by Gasteiger charge is -2.11. The maximum absolute atomic E-state index is 11.0. The quantitative estimate of drug-likeness (QED) is 0.600. The summed E-state index contributed by atoms with van der Waals surface area (Å²) < 4.78 is 0. The third-order valence-electron chi connectivity index (χ3n) is 1.24. The van der Waals surface area contributed by atoms with Gasteiger partial charge in [-0.1, -0.05) is 18.2 Å². The Kier molecular flexibility index (Phi) is 5.10. The smallest absolute Gasteiger partial charge is 0.318 e. The van der Waals surface area contributed by atoms with Crippen molar-refractivity contribution >= 4 is 23.5 Å². The number of urea groups is 1. The van der Waals surface area contributed by atoms with Gasteiger partial charge in [0.05, 0.1) is 6.04 Å². The van der Waals surface area contributed by atoms with Gasteiger partial charge in [-0.15, -0.1) is 0 Å². The monoisotopic (exact) mass is 205 g/mol. The molecule has 0 aromatic heterocycles. The number of halogens is 1. The number of carbonyl (C=O) groups excluding carboxylic acids is 2. The molecule has 0 aliphatic rings. The van der Waals surface area contributed by atoms with E-state index in [4.69, 9.17) is 17.3 Å². The molecule has 0 aromatic rings. The normalized spacial score (nSPS) is 11.8. The summed E-state index contributed by atoms with van der Waals surface area (Å²) in [7, 11) is 0. The number of nitrogens with two attached hydrogens (primary N) is 1. The third-order valence-corrected chi connectivity index (χ3v) is 1.37. The summed E-state index contributed by atoms with van der Waals surface area (Å²) in [6.07, 6.45) is 0. The van der Waals surface area contributed by atoms with Crippen LogP contribution in [0.4, 0.5) is 4.79 Å². The van der Waals surface area contributed by atoms with Crippen LogP contribution in [0.3, 0.4) is 0 Å². The highest BCUT2D eigenvalue weighted by Crippen LogP contribution is 1.93. The summed E-state index contributed by atoms with van der Waals surface area (Å²) in [5.74, 6) is -0.495. The largest absolute Gasteiger partial charge is 0.351 e. The summed E-state index contributed by atoms with van der Waals surface area (Å²) in [6, 6.07) is -1.41. The van der Waals surface area contributed by atoms with Gasteiger partial charge in [0.1, 0.15) is 0 Å². The predicted octanol–water partition coefficient (Wildman–Crippen LogP) is -0.0881. The predicted molar refractivity (Wildman–Crippen MR) is 50.2 cm³/mol. The first-order valence-corrected chi connectivity index (χ1v) is 3.98. The molecule has 0 heterocycles. The third kappa shape index (κ3) is 6.12. The van der Waals surface area contributed by atoms with Gasteiger partial charge in [-0.3, -0.25) is 10.1 Å². The number of nitrogens with one attached hydrogen (secondary N) is 2. The second-order valence-electron chi connectivity index (χ2n) is 2.47. The summed E-state index contributed by atoms with van der Waals surface area (Å²) >= 11 is 5.45. The zero-order chi connectivity index (χ0) is 10.4. The maximum atomic E-state index is 11.0. The van der Waals surface area contributed by atoms with Crippen molar-refractivity contribution in [3.8, 4) is 0 Å². The molecule has 1 atom stereocenters. The Morgan fingerprint density at radius 3 is 2.54 bits per heavy atom. The highest BCUT2D eigenvalue weighted by Gasteiger charge is 2.12. The molecule has 6 heteroatoms. The molecule has 0 fully saturated rings. The fourth-order valence-corrected chi connectivity index (χ4v) is 0.663. The fourth-order valence-electron chi connectivity index (χ4n) is 0.586. The SMILES string of the molecule is C=C(Cl)CNC(C)C(=O)NC(N)=O. The highest BCUT2D eigenvalue weighted by atomic mass is 35.5. The van der Waals surface area contributed by atoms with E-state index in [1.54, 1.807) is 6.92 Å². The van der Waals surface area contributed by atoms with Crippen molar-refractivity contribution in [1.29, 1.82) is 0 Å². The average molecular weight is 206 g/mol. The van der Waals surface area contributed by atoms with Crippen molar-refractivity contribution < 1.29 is 9.59 Å². The van der Waals surface area contributed by atoms with Gasteiger partial charge in [0.15, 0.2) is 0 Å². The minimum Gasteiger partial charge on any atom is -0.351 e. The van der Waals surface area contributed by atoms with E-state index in [2.05, 4.69) is 11.9 Å². The molecule has 0 aliphatic carbocycles. The first-order valence-electron chi connectivity index (χ1n) is 3.60. The molecule has 1 unspecified atom stereocenters. The molecule has 13 heavy (non-hydrogen) atoms. The average Bonchev–Trinajstić information content (AvgIpc) is 1.98. The lowest BCUT2D eigenvalue weighted by Crippen LogP contribution is -2.46. The zero-order valence-corrected chi connectivity index (χ0v) is 8.02. The van der Waals surface area contributed by atoms with E-state index in [1.165, 1.54) is 0 Å². The molecular weight excluding hydrogens is 194 g/mol. The number of hydrogen-bond acceptors (Lipinski definition) is 3. The molecule has 0 aliphatic heterocycles. The molecule has 0 aromatic carbocycles. The van der Waals surface area contributed by atoms with Crippen molar-refractivity contribution in [2.75, 3.05) is 6.54 Å². The van der Waals surface area contributed by atoms with Crippen molar-refractivity contribution in [2.24, 2.45) is 5.73 Å². The Hall–Kier alpha value is -1.07. The lowest BCUT2D eigenvalue weighted by molar-refractivity contribution is -0.121. The molecule has 5 nitrogen and oxygen atoms in total. The van der Waals surface area contributed by atoms with Crippen LogP contribution in [0, 0.1) is 0 Å². The standard InChI is InChI=1S/C7H12ClN3O2/c1-4(8)3-10-5(2)6(12)11-7(9)13/h5,10H,1,3H2,2H3,(H3,9,11,12,13). The molecule has 0 saturated carbocycles. The van der Waals surface area contributed by atoms with Crippen LogP contribution in [0.5, 0.6) is 0 Å². The number of amides is 3. The van der Waals surface area contributed by atoms with E-state index in [-0.39, 0.29) is 0 Å². The van der Waals surface area contributed by atoms with Crippen LogP contribution in [0.15, 0.2) is 11.6 Å². The number of primary amides is 1. The molecular formula is C7H12ClN3O2. The van der Waals surface area contributed by atoms with E-state index in [9.17, 15) is 9.59 Å².